The number of ether oxygens (including phenoxy) is 2. The first-order valence-corrected chi connectivity index (χ1v) is 14.3. The second kappa shape index (κ2) is 12.8. The molecule has 0 aliphatic rings. The van der Waals surface area contributed by atoms with Gasteiger partial charge in [-0.3, -0.25) is 14.0 Å². The Bertz CT molecular complexity index is 1420. The number of carbonyl (C=O) groups excluding carboxylic acids is 1. The van der Waals surface area contributed by atoms with E-state index < -0.39 is 19.6 Å². The third-order valence-electron chi connectivity index (χ3n) is 5.75. The Morgan fingerprint density at radius 2 is 1.72 bits per heavy atom. The molecule has 0 saturated heterocycles. The number of nitrogens with two attached hydrogens (primary N) is 1. The van der Waals surface area contributed by atoms with Gasteiger partial charge in [-0.25, -0.2) is 15.0 Å². The summed E-state index contributed by atoms with van der Waals surface area (Å²) in [6.45, 7) is 5.54. The highest BCUT2D eigenvalue weighted by atomic mass is 31.2. The van der Waals surface area contributed by atoms with Crippen molar-refractivity contribution in [1.82, 2.24) is 19.5 Å². The van der Waals surface area contributed by atoms with Crippen LogP contribution < -0.4 is 10.4 Å². The third kappa shape index (κ3) is 7.41. The number of para-hydroxylation sites is 1. The molecule has 2 aromatic carbocycles. The fourth-order valence-corrected chi connectivity index (χ4v) is 5.87. The van der Waals surface area contributed by atoms with Crippen LogP contribution in [0.15, 0.2) is 73.3 Å². The van der Waals surface area contributed by atoms with E-state index in [0.29, 0.717) is 23.4 Å². The van der Waals surface area contributed by atoms with Gasteiger partial charge in [0.1, 0.15) is 24.7 Å². The maximum atomic E-state index is 14.6. The number of rotatable bonds is 13. The normalized spacial score (nSPS) is 13.7. The van der Waals surface area contributed by atoms with E-state index >= 15 is 0 Å². The van der Waals surface area contributed by atoms with E-state index in [1.807, 2.05) is 43.3 Å². The Hall–Kier alpha value is -3.79. The second-order valence-corrected chi connectivity index (χ2v) is 11.5. The van der Waals surface area contributed by atoms with Gasteiger partial charge in [-0.2, -0.15) is 0 Å². The standard InChI is InChI=1S/C27H33N6O5P/c1-20(2)38-24(34)15-33(23-12-8-5-9-13-23)39(35,37-16-22-10-6-4-7-11-22)19-36-21(3)14-32-18-31-25-26(28)29-17-30-27(25)32/h4-13,17-18,20-21H,14-16,19H2,1-3H3,(H2,28,29,30)/t21-,39?/m1/s1. The lowest BCUT2D eigenvalue weighted by molar-refractivity contribution is -0.145. The zero-order valence-electron chi connectivity index (χ0n) is 22.2. The predicted molar refractivity (Wildman–Crippen MR) is 149 cm³/mol. The molecule has 2 atom stereocenters. The van der Waals surface area contributed by atoms with Crippen LogP contribution in [0, 0.1) is 0 Å². The quantitative estimate of drug-likeness (QED) is 0.185. The third-order valence-corrected chi connectivity index (χ3v) is 7.87. The van der Waals surface area contributed by atoms with Gasteiger partial charge < -0.3 is 24.3 Å². The summed E-state index contributed by atoms with van der Waals surface area (Å²) < 4.78 is 35.4. The van der Waals surface area contributed by atoms with Crippen LogP contribution >= 0.6 is 7.52 Å². The summed E-state index contributed by atoms with van der Waals surface area (Å²) in [5, 5.41) is 0. The van der Waals surface area contributed by atoms with Crippen molar-refractivity contribution in [3.63, 3.8) is 0 Å². The average molecular weight is 553 g/mol. The molecular weight excluding hydrogens is 519 g/mol. The number of imidazole rings is 1. The minimum absolute atomic E-state index is 0.0702. The maximum Gasteiger partial charge on any atom is 0.326 e. The van der Waals surface area contributed by atoms with Gasteiger partial charge in [0.15, 0.2) is 11.5 Å². The molecule has 2 aromatic heterocycles. The molecule has 1 unspecified atom stereocenters. The van der Waals surface area contributed by atoms with Gasteiger partial charge in [-0.15, -0.1) is 0 Å². The smallest absolute Gasteiger partial charge is 0.326 e. The van der Waals surface area contributed by atoms with E-state index in [0.717, 1.165) is 5.56 Å². The molecule has 206 valence electrons. The first-order valence-electron chi connectivity index (χ1n) is 12.6. The molecule has 11 nitrogen and oxygen atoms in total. The van der Waals surface area contributed by atoms with E-state index in [4.69, 9.17) is 19.7 Å². The van der Waals surface area contributed by atoms with Crippen molar-refractivity contribution < 1.29 is 23.4 Å². The summed E-state index contributed by atoms with van der Waals surface area (Å²) >= 11 is 0. The van der Waals surface area contributed by atoms with Gasteiger partial charge in [0.05, 0.1) is 31.7 Å². The topological polar surface area (TPSA) is 135 Å². The van der Waals surface area contributed by atoms with E-state index in [9.17, 15) is 9.36 Å². The highest BCUT2D eigenvalue weighted by molar-refractivity contribution is 7.60. The second-order valence-electron chi connectivity index (χ2n) is 9.26. The summed E-state index contributed by atoms with van der Waals surface area (Å²) in [5.74, 6) is -0.231. The number of carbonyl (C=O) groups is 1. The lowest BCUT2D eigenvalue weighted by atomic mass is 10.2. The Morgan fingerprint density at radius 3 is 2.41 bits per heavy atom. The summed E-state index contributed by atoms with van der Waals surface area (Å²) in [6, 6.07) is 18.4. The van der Waals surface area contributed by atoms with Gasteiger partial charge in [0.2, 0.25) is 0 Å². The first kappa shape index (κ1) is 28.2. The van der Waals surface area contributed by atoms with Crippen molar-refractivity contribution in [3.8, 4) is 0 Å². The number of anilines is 2. The minimum atomic E-state index is -3.77. The van der Waals surface area contributed by atoms with E-state index in [2.05, 4.69) is 15.0 Å². The van der Waals surface area contributed by atoms with Crippen LogP contribution in [0.2, 0.25) is 0 Å². The van der Waals surface area contributed by atoms with E-state index in [1.54, 1.807) is 49.0 Å². The summed E-state index contributed by atoms with van der Waals surface area (Å²) in [4.78, 5) is 25.3. The number of hydrogen-bond acceptors (Lipinski definition) is 9. The van der Waals surface area contributed by atoms with Crippen molar-refractivity contribution >= 4 is 36.2 Å². The number of benzene rings is 2. The van der Waals surface area contributed by atoms with E-state index in [1.165, 1.54) is 11.0 Å². The minimum Gasteiger partial charge on any atom is -0.462 e. The zero-order valence-corrected chi connectivity index (χ0v) is 23.1. The Morgan fingerprint density at radius 1 is 1.03 bits per heavy atom. The van der Waals surface area contributed by atoms with Crippen molar-refractivity contribution in [1.29, 1.82) is 0 Å². The van der Waals surface area contributed by atoms with Crippen molar-refractivity contribution in [2.75, 3.05) is 23.3 Å². The molecule has 0 saturated carbocycles. The van der Waals surface area contributed by atoms with Crippen LogP contribution in [0.1, 0.15) is 26.3 Å². The Balaban J connectivity index is 1.57. The molecule has 12 heteroatoms. The molecule has 0 aliphatic carbocycles. The SMILES string of the molecule is CC(C)OC(=O)CN(c1ccccc1)P(=O)(CO[C@H](C)Cn1cnc2c(N)ncnc21)OCc1ccccc1. The van der Waals surface area contributed by atoms with Crippen LogP contribution in [0.5, 0.6) is 0 Å². The molecule has 2 heterocycles. The number of nitrogen functional groups attached to an aromatic ring is 1. The van der Waals surface area contributed by atoms with Crippen LogP contribution in [0.25, 0.3) is 11.2 Å². The zero-order chi connectivity index (χ0) is 27.8. The monoisotopic (exact) mass is 552 g/mol. The number of esters is 1. The molecule has 4 rings (SSSR count). The fourth-order valence-electron chi connectivity index (χ4n) is 3.91. The van der Waals surface area contributed by atoms with Crippen LogP contribution in [0.4, 0.5) is 11.5 Å². The maximum absolute atomic E-state index is 14.6. The van der Waals surface area contributed by atoms with Crippen LogP contribution in [0.3, 0.4) is 0 Å². The Labute approximate surface area is 227 Å². The van der Waals surface area contributed by atoms with Crippen LogP contribution in [-0.2, 0) is 36.5 Å². The molecule has 4 aromatic rings. The van der Waals surface area contributed by atoms with Gasteiger partial charge in [-0.05, 0) is 38.5 Å². The summed E-state index contributed by atoms with van der Waals surface area (Å²) in [6.07, 6.45) is 1.99. The van der Waals surface area contributed by atoms with Gasteiger partial charge in [-0.1, -0.05) is 48.5 Å². The largest absolute Gasteiger partial charge is 0.462 e. The molecule has 0 bridgehead atoms. The summed E-state index contributed by atoms with van der Waals surface area (Å²) in [7, 11) is -3.77. The molecular formula is C27H33N6O5P. The summed E-state index contributed by atoms with van der Waals surface area (Å²) in [5.41, 5.74) is 8.37. The number of hydrogen-bond donors (Lipinski definition) is 1. The van der Waals surface area contributed by atoms with Crippen molar-refractivity contribution in [2.24, 2.45) is 0 Å². The molecule has 0 aliphatic heterocycles. The van der Waals surface area contributed by atoms with Crippen LogP contribution in [-0.4, -0.2) is 50.6 Å². The number of nitrogens with zero attached hydrogens (tertiary/aromatic N) is 5. The number of fused-ring (bicyclic) bond motifs is 1. The highest BCUT2D eigenvalue weighted by Gasteiger charge is 2.36. The lowest BCUT2D eigenvalue weighted by Gasteiger charge is -2.33. The highest BCUT2D eigenvalue weighted by Crippen LogP contribution is 2.54. The molecule has 0 amide bonds. The lowest BCUT2D eigenvalue weighted by Crippen LogP contribution is -2.32. The first-order chi connectivity index (χ1) is 18.7. The molecule has 39 heavy (non-hydrogen) atoms. The fraction of sp³-hybridized carbons (Fsp3) is 0.333. The molecule has 0 fully saturated rings. The number of aromatic nitrogens is 4. The molecule has 0 radical (unpaired) electrons. The van der Waals surface area contributed by atoms with Gasteiger partial charge >= 0.3 is 13.5 Å². The molecule has 0 spiro atoms. The van der Waals surface area contributed by atoms with Gasteiger partial charge in [0.25, 0.3) is 0 Å². The van der Waals surface area contributed by atoms with Crippen molar-refractivity contribution in [3.05, 3.63) is 78.9 Å². The van der Waals surface area contributed by atoms with Gasteiger partial charge in [0, 0.05) is 5.69 Å². The van der Waals surface area contributed by atoms with E-state index in [-0.39, 0.29) is 31.4 Å². The predicted octanol–water partition coefficient (Wildman–Crippen LogP) is 4.64. The average Bonchev–Trinajstić information content (AvgIpc) is 3.34. The molecule has 2 N–H and O–H groups in total. The van der Waals surface area contributed by atoms with Crippen molar-refractivity contribution in [2.45, 2.75) is 46.1 Å². The Kier molecular flexibility index (Phi) is 9.29.